The maximum atomic E-state index is 4.44. The second-order valence-electron chi connectivity index (χ2n) is 5.65. The Morgan fingerprint density at radius 1 is 1.22 bits per heavy atom. The van der Waals surface area contributed by atoms with Gasteiger partial charge in [0.05, 0.1) is 5.52 Å². The number of rotatable bonds is 4. The van der Waals surface area contributed by atoms with E-state index >= 15 is 0 Å². The lowest BCUT2D eigenvalue weighted by molar-refractivity contribution is 0.407. The van der Waals surface area contributed by atoms with Crippen LogP contribution in [0.1, 0.15) is 32.8 Å². The summed E-state index contributed by atoms with van der Waals surface area (Å²) >= 11 is 0. The van der Waals surface area contributed by atoms with Crippen molar-refractivity contribution in [3.63, 3.8) is 0 Å². The molecule has 1 atom stereocenters. The molecule has 0 saturated heterocycles. The van der Waals surface area contributed by atoms with E-state index < -0.39 is 0 Å². The summed E-state index contributed by atoms with van der Waals surface area (Å²) in [6.07, 6.45) is 2.97. The summed E-state index contributed by atoms with van der Waals surface area (Å²) in [5.41, 5.74) is 2.61. The van der Waals surface area contributed by atoms with Crippen LogP contribution < -0.4 is 5.32 Å². The minimum Gasteiger partial charge on any atom is -0.317 e. The molecule has 0 bridgehead atoms. The SMILES string of the molecule is CNC(C)CC(C)(C)c1cccc2ncccc12. The Kier molecular flexibility index (Phi) is 3.67. The fourth-order valence-corrected chi connectivity index (χ4v) is 2.67. The highest BCUT2D eigenvalue weighted by Gasteiger charge is 2.24. The molecule has 0 fully saturated rings. The number of hydrogen-bond donors (Lipinski definition) is 1. The molecule has 96 valence electrons. The molecule has 18 heavy (non-hydrogen) atoms. The third-order valence-corrected chi connectivity index (χ3v) is 3.68. The van der Waals surface area contributed by atoms with E-state index in [0.717, 1.165) is 11.9 Å². The van der Waals surface area contributed by atoms with Gasteiger partial charge in [0, 0.05) is 17.6 Å². The Morgan fingerprint density at radius 3 is 2.72 bits per heavy atom. The van der Waals surface area contributed by atoms with Gasteiger partial charge in [0.1, 0.15) is 0 Å². The van der Waals surface area contributed by atoms with Gasteiger partial charge in [-0.2, -0.15) is 0 Å². The molecule has 1 unspecified atom stereocenters. The molecule has 0 spiro atoms. The third-order valence-electron chi connectivity index (χ3n) is 3.68. The highest BCUT2D eigenvalue weighted by Crippen LogP contribution is 2.33. The van der Waals surface area contributed by atoms with Crippen LogP contribution in [0.3, 0.4) is 0 Å². The van der Waals surface area contributed by atoms with Crippen molar-refractivity contribution in [3.8, 4) is 0 Å². The minimum absolute atomic E-state index is 0.144. The normalized spacial score (nSPS) is 13.8. The van der Waals surface area contributed by atoms with Gasteiger partial charge in [-0.05, 0) is 43.5 Å². The van der Waals surface area contributed by atoms with E-state index in [1.807, 2.05) is 19.3 Å². The van der Waals surface area contributed by atoms with E-state index in [-0.39, 0.29) is 5.41 Å². The fourth-order valence-electron chi connectivity index (χ4n) is 2.67. The van der Waals surface area contributed by atoms with Crippen molar-refractivity contribution in [2.24, 2.45) is 0 Å². The summed E-state index contributed by atoms with van der Waals surface area (Å²) in [5.74, 6) is 0. The highest BCUT2D eigenvalue weighted by molar-refractivity contribution is 5.83. The lowest BCUT2D eigenvalue weighted by Crippen LogP contribution is -2.31. The van der Waals surface area contributed by atoms with Crippen LogP contribution in [0.15, 0.2) is 36.5 Å². The van der Waals surface area contributed by atoms with Gasteiger partial charge in [0.15, 0.2) is 0 Å². The fraction of sp³-hybridized carbons (Fsp3) is 0.438. The van der Waals surface area contributed by atoms with Gasteiger partial charge in [0.2, 0.25) is 0 Å². The molecule has 1 N–H and O–H groups in total. The average Bonchev–Trinajstić information content (AvgIpc) is 2.37. The Hall–Kier alpha value is -1.41. The second-order valence-corrected chi connectivity index (χ2v) is 5.65. The molecule has 2 aromatic rings. The number of pyridine rings is 1. The van der Waals surface area contributed by atoms with Crippen LogP contribution in [0.25, 0.3) is 10.9 Å². The molecule has 1 heterocycles. The molecule has 0 aliphatic heterocycles. The molecular formula is C16H22N2. The maximum absolute atomic E-state index is 4.44. The number of nitrogens with zero attached hydrogens (tertiary/aromatic N) is 1. The first-order valence-corrected chi connectivity index (χ1v) is 6.56. The van der Waals surface area contributed by atoms with Crippen molar-refractivity contribution in [1.29, 1.82) is 0 Å². The Balaban J connectivity index is 2.46. The zero-order valence-corrected chi connectivity index (χ0v) is 11.7. The first-order chi connectivity index (χ1) is 8.54. The van der Waals surface area contributed by atoms with Crippen LogP contribution in [-0.2, 0) is 5.41 Å². The third kappa shape index (κ3) is 2.54. The molecule has 2 rings (SSSR count). The Bertz CT molecular complexity index is 526. The van der Waals surface area contributed by atoms with Crippen molar-refractivity contribution in [2.45, 2.75) is 38.6 Å². The molecule has 0 aliphatic carbocycles. The number of fused-ring (bicyclic) bond motifs is 1. The van der Waals surface area contributed by atoms with Crippen molar-refractivity contribution in [3.05, 3.63) is 42.1 Å². The average molecular weight is 242 g/mol. The van der Waals surface area contributed by atoms with E-state index in [2.05, 4.69) is 55.3 Å². The van der Waals surface area contributed by atoms with Gasteiger partial charge < -0.3 is 5.32 Å². The van der Waals surface area contributed by atoms with Gasteiger partial charge in [0.25, 0.3) is 0 Å². The smallest absolute Gasteiger partial charge is 0.0704 e. The maximum Gasteiger partial charge on any atom is 0.0704 e. The molecule has 1 aromatic heterocycles. The Morgan fingerprint density at radius 2 is 2.00 bits per heavy atom. The van der Waals surface area contributed by atoms with Crippen LogP contribution in [0.5, 0.6) is 0 Å². The van der Waals surface area contributed by atoms with Crippen molar-refractivity contribution in [2.75, 3.05) is 7.05 Å². The number of hydrogen-bond acceptors (Lipinski definition) is 2. The second kappa shape index (κ2) is 5.07. The van der Waals surface area contributed by atoms with Gasteiger partial charge in [-0.15, -0.1) is 0 Å². The minimum atomic E-state index is 0.144. The molecule has 1 aromatic carbocycles. The van der Waals surface area contributed by atoms with E-state index in [4.69, 9.17) is 0 Å². The van der Waals surface area contributed by atoms with Gasteiger partial charge in [-0.3, -0.25) is 4.98 Å². The molecular weight excluding hydrogens is 220 g/mol. The van der Waals surface area contributed by atoms with Gasteiger partial charge >= 0.3 is 0 Å². The molecule has 2 heteroatoms. The summed E-state index contributed by atoms with van der Waals surface area (Å²) in [4.78, 5) is 4.44. The summed E-state index contributed by atoms with van der Waals surface area (Å²) in [7, 11) is 2.02. The first kappa shape index (κ1) is 13.0. The quantitative estimate of drug-likeness (QED) is 0.887. The van der Waals surface area contributed by atoms with Crippen LogP contribution in [0, 0.1) is 0 Å². The molecule has 0 aliphatic rings. The van der Waals surface area contributed by atoms with Crippen molar-refractivity contribution in [1.82, 2.24) is 10.3 Å². The van der Waals surface area contributed by atoms with Crippen LogP contribution in [-0.4, -0.2) is 18.1 Å². The zero-order chi connectivity index (χ0) is 13.2. The number of nitrogens with one attached hydrogen (secondary N) is 1. The first-order valence-electron chi connectivity index (χ1n) is 6.56. The van der Waals surface area contributed by atoms with Crippen molar-refractivity contribution < 1.29 is 0 Å². The summed E-state index contributed by atoms with van der Waals surface area (Å²) in [5, 5.41) is 4.59. The Labute approximate surface area is 109 Å². The van der Waals surface area contributed by atoms with Gasteiger partial charge in [-0.1, -0.05) is 32.0 Å². The summed E-state index contributed by atoms with van der Waals surface area (Å²) in [6.45, 7) is 6.84. The van der Waals surface area contributed by atoms with E-state index in [1.54, 1.807) is 0 Å². The standard InChI is InChI=1S/C16H22N2/c1-12(17-4)11-16(2,3)14-8-5-9-15-13(14)7-6-10-18-15/h5-10,12,17H,11H2,1-4H3. The van der Waals surface area contributed by atoms with E-state index in [0.29, 0.717) is 6.04 Å². The highest BCUT2D eigenvalue weighted by atomic mass is 14.9. The predicted molar refractivity (Wildman–Crippen MR) is 77.9 cm³/mol. The van der Waals surface area contributed by atoms with E-state index in [9.17, 15) is 0 Å². The van der Waals surface area contributed by atoms with Crippen LogP contribution in [0.2, 0.25) is 0 Å². The molecule has 0 radical (unpaired) electrons. The number of aromatic nitrogens is 1. The summed E-state index contributed by atoms with van der Waals surface area (Å²) < 4.78 is 0. The zero-order valence-electron chi connectivity index (χ0n) is 11.7. The molecule has 0 saturated carbocycles. The van der Waals surface area contributed by atoms with Gasteiger partial charge in [-0.25, -0.2) is 0 Å². The molecule has 2 nitrogen and oxygen atoms in total. The largest absolute Gasteiger partial charge is 0.317 e. The molecule has 0 amide bonds. The predicted octanol–water partition coefficient (Wildman–Crippen LogP) is 3.51. The number of benzene rings is 1. The lowest BCUT2D eigenvalue weighted by Gasteiger charge is -2.29. The monoisotopic (exact) mass is 242 g/mol. The van der Waals surface area contributed by atoms with Crippen molar-refractivity contribution >= 4 is 10.9 Å². The van der Waals surface area contributed by atoms with Crippen LogP contribution >= 0.6 is 0 Å². The van der Waals surface area contributed by atoms with Crippen LogP contribution in [0.4, 0.5) is 0 Å². The lowest BCUT2D eigenvalue weighted by atomic mass is 9.78. The summed E-state index contributed by atoms with van der Waals surface area (Å²) in [6, 6.07) is 11.1. The topological polar surface area (TPSA) is 24.9 Å². The van der Waals surface area contributed by atoms with E-state index in [1.165, 1.54) is 10.9 Å².